The topological polar surface area (TPSA) is 116 Å². The molecule has 0 aliphatic rings. The molecule has 1 N–H and O–H groups in total. The number of hydrogen-bond donors (Lipinski definition) is 1. The van der Waals surface area contributed by atoms with E-state index in [1.54, 1.807) is 13.0 Å². The SMILES string of the molecule is CCC(C(=O)Nc1cccc([N+](=O)[O-])c1C)n1nnc(-c2ccsc2)n1. The van der Waals surface area contributed by atoms with Crippen LogP contribution in [0.4, 0.5) is 11.4 Å². The van der Waals surface area contributed by atoms with Gasteiger partial charge in [-0.05, 0) is 36.1 Å². The first-order valence-electron chi connectivity index (χ1n) is 7.88. The standard InChI is InChI=1S/C16H16N6O3S/c1-3-13(21-19-15(18-20-21)11-7-8-26-9-11)16(23)17-12-5-4-6-14(10(12)2)22(24)25/h4-9,13H,3H2,1-2H3,(H,17,23). The lowest BCUT2D eigenvalue weighted by Gasteiger charge is -2.14. The summed E-state index contributed by atoms with van der Waals surface area (Å²) in [4.78, 5) is 24.5. The smallest absolute Gasteiger partial charge is 0.274 e. The van der Waals surface area contributed by atoms with E-state index in [0.717, 1.165) is 5.56 Å². The minimum atomic E-state index is -0.673. The molecule has 9 nitrogen and oxygen atoms in total. The van der Waals surface area contributed by atoms with Crippen molar-refractivity contribution in [2.24, 2.45) is 0 Å². The molecule has 134 valence electrons. The largest absolute Gasteiger partial charge is 0.324 e. The highest BCUT2D eigenvalue weighted by atomic mass is 32.1. The summed E-state index contributed by atoms with van der Waals surface area (Å²) in [6.45, 7) is 3.43. The molecule has 3 aromatic rings. The Kier molecular flexibility index (Phi) is 5.03. The van der Waals surface area contributed by atoms with E-state index in [4.69, 9.17) is 0 Å². The number of anilines is 1. The predicted molar refractivity (Wildman–Crippen MR) is 96.9 cm³/mol. The summed E-state index contributed by atoms with van der Waals surface area (Å²) in [7, 11) is 0. The van der Waals surface area contributed by atoms with Gasteiger partial charge in [0.15, 0.2) is 6.04 Å². The Balaban J connectivity index is 1.82. The Labute approximate surface area is 152 Å². The maximum absolute atomic E-state index is 12.7. The fraction of sp³-hybridized carbons (Fsp3) is 0.250. The summed E-state index contributed by atoms with van der Waals surface area (Å²) in [6.07, 6.45) is 0.444. The molecule has 1 amide bonds. The van der Waals surface area contributed by atoms with Crippen molar-refractivity contribution in [2.45, 2.75) is 26.3 Å². The highest BCUT2D eigenvalue weighted by molar-refractivity contribution is 7.08. The van der Waals surface area contributed by atoms with Crippen LogP contribution in [0.1, 0.15) is 24.9 Å². The lowest BCUT2D eigenvalue weighted by molar-refractivity contribution is -0.385. The van der Waals surface area contributed by atoms with Gasteiger partial charge in [0.2, 0.25) is 5.82 Å². The van der Waals surface area contributed by atoms with Crippen molar-refractivity contribution in [3.05, 3.63) is 50.7 Å². The number of nitro benzene ring substituents is 1. The van der Waals surface area contributed by atoms with Crippen molar-refractivity contribution in [1.82, 2.24) is 20.2 Å². The van der Waals surface area contributed by atoms with E-state index >= 15 is 0 Å². The number of tetrazole rings is 1. The summed E-state index contributed by atoms with van der Waals surface area (Å²) in [5.74, 6) is 0.0920. The number of carbonyl (C=O) groups is 1. The van der Waals surface area contributed by atoms with Crippen molar-refractivity contribution in [3.8, 4) is 11.4 Å². The molecule has 0 spiro atoms. The predicted octanol–water partition coefficient (Wildman–Crippen LogP) is 3.21. The number of thiophene rings is 1. The van der Waals surface area contributed by atoms with Crippen LogP contribution in [0.2, 0.25) is 0 Å². The molecule has 0 bridgehead atoms. The van der Waals surface area contributed by atoms with Gasteiger partial charge in [0.1, 0.15) is 0 Å². The first-order chi connectivity index (χ1) is 12.5. The normalized spacial score (nSPS) is 11.9. The van der Waals surface area contributed by atoms with Crippen LogP contribution in [0.5, 0.6) is 0 Å². The minimum Gasteiger partial charge on any atom is -0.324 e. The van der Waals surface area contributed by atoms with E-state index in [1.807, 2.05) is 23.8 Å². The number of rotatable bonds is 6. The van der Waals surface area contributed by atoms with Crippen molar-refractivity contribution in [2.75, 3.05) is 5.32 Å². The van der Waals surface area contributed by atoms with E-state index in [0.29, 0.717) is 23.5 Å². The van der Waals surface area contributed by atoms with E-state index in [1.165, 1.54) is 28.3 Å². The first kappa shape index (κ1) is 17.7. The number of nitrogens with zero attached hydrogens (tertiary/aromatic N) is 5. The Morgan fingerprint density at radius 3 is 2.88 bits per heavy atom. The monoisotopic (exact) mass is 372 g/mol. The fourth-order valence-electron chi connectivity index (χ4n) is 2.49. The van der Waals surface area contributed by atoms with Crippen LogP contribution in [0, 0.1) is 17.0 Å². The molecule has 1 atom stereocenters. The second kappa shape index (κ2) is 7.40. The van der Waals surface area contributed by atoms with Gasteiger partial charge in [0.25, 0.3) is 11.6 Å². The third-order valence-electron chi connectivity index (χ3n) is 3.94. The molecule has 0 saturated heterocycles. The molecule has 26 heavy (non-hydrogen) atoms. The van der Waals surface area contributed by atoms with E-state index < -0.39 is 11.0 Å². The van der Waals surface area contributed by atoms with E-state index in [9.17, 15) is 14.9 Å². The molecule has 0 fully saturated rings. The van der Waals surface area contributed by atoms with Crippen LogP contribution in [0.25, 0.3) is 11.4 Å². The lowest BCUT2D eigenvalue weighted by atomic mass is 10.1. The number of hydrogen-bond acceptors (Lipinski definition) is 7. The average Bonchev–Trinajstić information content (AvgIpc) is 3.28. The van der Waals surface area contributed by atoms with Crippen LogP contribution < -0.4 is 5.32 Å². The van der Waals surface area contributed by atoms with Crippen LogP contribution in [0.15, 0.2) is 35.0 Å². The maximum Gasteiger partial charge on any atom is 0.274 e. The highest BCUT2D eigenvalue weighted by Crippen LogP contribution is 2.26. The molecule has 1 unspecified atom stereocenters. The second-order valence-corrected chi connectivity index (χ2v) is 6.35. The Bertz CT molecular complexity index is 937. The van der Waals surface area contributed by atoms with Crippen LogP contribution in [-0.2, 0) is 4.79 Å². The molecule has 0 saturated carbocycles. The molecular weight excluding hydrogens is 356 g/mol. The Morgan fingerprint density at radius 1 is 1.42 bits per heavy atom. The van der Waals surface area contributed by atoms with Gasteiger partial charge >= 0.3 is 0 Å². The summed E-state index contributed by atoms with van der Waals surface area (Å²) in [5.41, 5.74) is 1.58. The molecular formula is C16H16N6O3S. The summed E-state index contributed by atoms with van der Waals surface area (Å²) < 4.78 is 0. The van der Waals surface area contributed by atoms with Crippen molar-refractivity contribution in [1.29, 1.82) is 0 Å². The molecule has 0 aliphatic heterocycles. The van der Waals surface area contributed by atoms with Gasteiger partial charge in [-0.15, -0.1) is 10.2 Å². The van der Waals surface area contributed by atoms with Crippen LogP contribution in [-0.4, -0.2) is 31.0 Å². The number of nitrogens with one attached hydrogen (secondary N) is 1. The third kappa shape index (κ3) is 3.45. The van der Waals surface area contributed by atoms with Crippen LogP contribution >= 0.6 is 11.3 Å². The molecule has 3 rings (SSSR count). The minimum absolute atomic E-state index is 0.0468. The quantitative estimate of drug-likeness (QED) is 0.525. The molecule has 2 aromatic heterocycles. The molecule has 2 heterocycles. The molecule has 10 heteroatoms. The van der Waals surface area contributed by atoms with Gasteiger partial charge in [-0.3, -0.25) is 14.9 Å². The average molecular weight is 372 g/mol. The third-order valence-corrected chi connectivity index (χ3v) is 4.62. The first-order valence-corrected chi connectivity index (χ1v) is 8.82. The van der Waals surface area contributed by atoms with Crippen molar-refractivity contribution in [3.63, 3.8) is 0 Å². The van der Waals surface area contributed by atoms with Gasteiger partial charge in [-0.25, -0.2) is 0 Å². The molecule has 0 aliphatic carbocycles. The van der Waals surface area contributed by atoms with Gasteiger partial charge in [-0.2, -0.15) is 16.1 Å². The summed E-state index contributed by atoms with van der Waals surface area (Å²) in [5, 5.41) is 29.8. The van der Waals surface area contributed by atoms with Crippen molar-refractivity contribution >= 4 is 28.6 Å². The number of carbonyl (C=O) groups excluding carboxylic acids is 1. The summed E-state index contributed by atoms with van der Waals surface area (Å²) >= 11 is 1.52. The second-order valence-electron chi connectivity index (χ2n) is 5.57. The highest BCUT2D eigenvalue weighted by Gasteiger charge is 2.24. The maximum atomic E-state index is 12.7. The number of amides is 1. The number of benzene rings is 1. The van der Waals surface area contributed by atoms with Crippen molar-refractivity contribution < 1.29 is 9.72 Å². The number of aromatic nitrogens is 4. The van der Waals surface area contributed by atoms with Crippen LogP contribution in [0.3, 0.4) is 0 Å². The van der Waals surface area contributed by atoms with E-state index in [-0.39, 0.29) is 11.6 Å². The number of nitro groups is 1. The fourth-order valence-corrected chi connectivity index (χ4v) is 3.13. The summed E-state index contributed by atoms with van der Waals surface area (Å²) in [6, 6.07) is 5.75. The van der Waals surface area contributed by atoms with E-state index in [2.05, 4.69) is 20.7 Å². The van der Waals surface area contributed by atoms with Gasteiger partial charge in [-0.1, -0.05) is 13.0 Å². The molecule has 0 radical (unpaired) electrons. The Hall–Kier alpha value is -3.14. The Morgan fingerprint density at radius 2 is 2.23 bits per heavy atom. The zero-order valence-electron chi connectivity index (χ0n) is 14.1. The van der Waals surface area contributed by atoms with Gasteiger partial charge in [0, 0.05) is 17.0 Å². The van der Waals surface area contributed by atoms with Gasteiger partial charge < -0.3 is 5.32 Å². The lowest BCUT2D eigenvalue weighted by Crippen LogP contribution is -2.27. The van der Waals surface area contributed by atoms with Gasteiger partial charge in [0.05, 0.1) is 16.2 Å². The zero-order valence-corrected chi connectivity index (χ0v) is 14.9. The zero-order chi connectivity index (χ0) is 18.7. The molecule has 1 aromatic carbocycles.